The first-order valence-electron chi connectivity index (χ1n) is 8.28. The summed E-state index contributed by atoms with van der Waals surface area (Å²) in [5.41, 5.74) is 1.23. The van der Waals surface area contributed by atoms with Gasteiger partial charge in [-0.1, -0.05) is 30.3 Å². The molecule has 7 nitrogen and oxygen atoms in total. The van der Waals surface area contributed by atoms with E-state index in [0.717, 1.165) is 0 Å². The van der Waals surface area contributed by atoms with Gasteiger partial charge < -0.3 is 9.64 Å². The van der Waals surface area contributed by atoms with Crippen LogP contribution in [-0.2, 0) is 19.6 Å². The summed E-state index contributed by atoms with van der Waals surface area (Å²) in [5.74, 6) is -0.890. The van der Waals surface area contributed by atoms with Crippen molar-refractivity contribution in [3.63, 3.8) is 0 Å². The van der Waals surface area contributed by atoms with Crippen molar-refractivity contribution >= 4 is 27.6 Å². The number of hydrogen-bond acceptors (Lipinski definition) is 5. The van der Waals surface area contributed by atoms with E-state index in [-0.39, 0.29) is 29.5 Å². The molecule has 0 aromatic heterocycles. The summed E-state index contributed by atoms with van der Waals surface area (Å²) >= 11 is 0. The average molecular weight is 390 g/mol. The summed E-state index contributed by atoms with van der Waals surface area (Å²) in [6.45, 7) is 3.12. The summed E-state index contributed by atoms with van der Waals surface area (Å²) < 4.78 is 32.2. The van der Waals surface area contributed by atoms with Crippen LogP contribution in [0, 0.1) is 6.92 Å². The molecule has 8 heteroatoms. The first-order chi connectivity index (χ1) is 12.8. The third-order valence-electron chi connectivity index (χ3n) is 3.99. The number of para-hydroxylation sites is 1. The first-order valence-corrected chi connectivity index (χ1v) is 9.77. The van der Waals surface area contributed by atoms with Crippen LogP contribution >= 0.6 is 0 Å². The van der Waals surface area contributed by atoms with Crippen LogP contribution in [0.5, 0.6) is 0 Å². The van der Waals surface area contributed by atoms with E-state index in [1.807, 2.05) is 0 Å². The van der Waals surface area contributed by atoms with Gasteiger partial charge in [-0.05, 0) is 30.7 Å². The van der Waals surface area contributed by atoms with Gasteiger partial charge >= 0.3 is 5.97 Å². The minimum absolute atomic E-state index is 0.00818. The molecule has 27 heavy (non-hydrogen) atoms. The standard InChI is InChI=1S/C19H22N2O5S/c1-14-8-4-7-11-18(14)27(24,25)20-12-13-21(15(2)22)17-10-6-5-9-16(17)19(23)26-3/h4-11,20H,12-13H2,1-3H3. The molecule has 0 aliphatic heterocycles. The summed E-state index contributed by atoms with van der Waals surface area (Å²) in [6.07, 6.45) is 0. The van der Waals surface area contributed by atoms with Gasteiger partial charge in [0, 0.05) is 20.0 Å². The van der Waals surface area contributed by atoms with Gasteiger partial charge in [-0.2, -0.15) is 0 Å². The SMILES string of the molecule is COC(=O)c1ccccc1N(CCNS(=O)(=O)c1ccccc1C)C(C)=O. The van der Waals surface area contributed by atoms with Crippen LogP contribution in [0.25, 0.3) is 0 Å². The van der Waals surface area contributed by atoms with Crippen LogP contribution in [0.2, 0.25) is 0 Å². The lowest BCUT2D eigenvalue weighted by molar-refractivity contribution is -0.116. The van der Waals surface area contributed by atoms with Gasteiger partial charge in [-0.3, -0.25) is 4.79 Å². The second-order valence-electron chi connectivity index (χ2n) is 5.84. The maximum absolute atomic E-state index is 12.5. The monoisotopic (exact) mass is 390 g/mol. The Kier molecular flexibility index (Phi) is 6.70. The molecule has 1 amide bonds. The Bertz CT molecular complexity index is 941. The molecular formula is C19H22N2O5S. The molecule has 2 rings (SSSR count). The van der Waals surface area contributed by atoms with E-state index in [0.29, 0.717) is 11.3 Å². The first kappa shape index (κ1) is 20.6. The van der Waals surface area contributed by atoms with E-state index in [2.05, 4.69) is 4.72 Å². The summed E-state index contributed by atoms with van der Waals surface area (Å²) in [5, 5.41) is 0. The van der Waals surface area contributed by atoms with E-state index in [1.54, 1.807) is 49.4 Å². The predicted octanol–water partition coefficient (Wildman–Crippen LogP) is 2.11. The van der Waals surface area contributed by atoms with Gasteiger partial charge in [0.05, 0.1) is 23.3 Å². The zero-order valence-corrected chi connectivity index (χ0v) is 16.2. The quantitative estimate of drug-likeness (QED) is 0.731. The molecular weight excluding hydrogens is 368 g/mol. The Balaban J connectivity index is 2.19. The molecule has 0 saturated carbocycles. The Morgan fingerprint density at radius 2 is 1.70 bits per heavy atom. The van der Waals surface area contributed by atoms with E-state index < -0.39 is 16.0 Å². The molecule has 0 radical (unpaired) electrons. The molecule has 1 N–H and O–H groups in total. The molecule has 0 unspecified atom stereocenters. The smallest absolute Gasteiger partial charge is 0.339 e. The van der Waals surface area contributed by atoms with Crippen molar-refractivity contribution in [1.82, 2.24) is 4.72 Å². The van der Waals surface area contributed by atoms with Crippen LogP contribution in [0.15, 0.2) is 53.4 Å². The van der Waals surface area contributed by atoms with Crippen LogP contribution < -0.4 is 9.62 Å². The Morgan fingerprint density at radius 1 is 1.07 bits per heavy atom. The fourth-order valence-electron chi connectivity index (χ4n) is 2.67. The molecule has 0 bridgehead atoms. The number of nitrogens with zero attached hydrogens (tertiary/aromatic N) is 1. The Morgan fingerprint density at radius 3 is 2.33 bits per heavy atom. The fraction of sp³-hybridized carbons (Fsp3) is 0.263. The number of methoxy groups -OCH3 is 1. The minimum atomic E-state index is -3.71. The number of benzene rings is 2. The lowest BCUT2D eigenvalue weighted by Gasteiger charge is -2.23. The molecule has 0 fully saturated rings. The largest absolute Gasteiger partial charge is 0.465 e. The van der Waals surface area contributed by atoms with Gasteiger partial charge in [-0.15, -0.1) is 0 Å². The fourth-order valence-corrected chi connectivity index (χ4v) is 3.93. The number of nitrogens with one attached hydrogen (secondary N) is 1. The minimum Gasteiger partial charge on any atom is -0.465 e. The summed E-state index contributed by atoms with van der Waals surface area (Å²) in [7, 11) is -2.45. The van der Waals surface area contributed by atoms with Crippen LogP contribution in [-0.4, -0.2) is 40.5 Å². The van der Waals surface area contributed by atoms with E-state index in [9.17, 15) is 18.0 Å². The number of anilines is 1. The lowest BCUT2D eigenvalue weighted by atomic mass is 10.1. The number of carbonyl (C=O) groups is 2. The van der Waals surface area contributed by atoms with Crippen molar-refractivity contribution < 1.29 is 22.7 Å². The molecule has 0 atom stereocenters. The number of ether oxygens (including phenoxy) is 1. The van der Waals surface area contributed by atoms with Crippen molar-refractivity contribution in [2.75, 3.05) is 25.1 Å². The van der Waals surface area contributed by atoms with Gasteiger partial charge in [0.15, 0.2) is 0 Å². The van der Waals surface area contributed by atoms with Gasteiger partial charge in [0.2, 0.25) is 15.9 Å². The van der Waals surface area contributed by atoms with Gasteiger partial charge in [-0.25, -0.2) is 17.9 Å². The van der Waals surface area contributed by atoms with E-state index in [1.165, 1.54) is 25.0 Å². The third-order valence-corrected chi connectivity index (χ3v) is 5.61. The number of hydrogen-bond donors (Lipinski definition) is 1. The molecule has 0 heterocycles. The number of carbonyl (C=O) groups excluding carboxylic acids is 2. The third kappa shape index (κ3) is 4.93. The maximum Gasteiger partial charge on any atom is 0.339 e. The topological polar surface area (TPSA) is 92.8 Å². The maximum atomic E-state index is 12.5. The van der Waals surface area contributed by atoms with Crippen molar-refractivity contribution in [3.05, 3.63) is 59.7 Å². The van der Waals surface area contributed by atoms with Crippen molar-refractivity contribution in [1.29, 1.82) is 0 Å². The Labute approximate surface area is 159 Å². The van der Waals surface area contributed by atoms with Crippen molar-refractivity contribution in [2.24, 2.45) is 0 Å². The zero-order chi connectivity index (χ0) is 20.0. The molecule has 144 valence electrons. The number of aryl methyl sites for hydroxylation is 1. The van der Waals surface area contributed by atoms with Gasteiger partial charge in [0.25, 0.3) is 0 Å². The summed E-state index contributed by atoms with van der Waals surface area (Å²) in [6, 6.07) is 13.2. The number of sulfonamides is 1. The molecule has 2 aromatic carbocycles. The molecule has 0 spiro atoms. The highest BCUT2D eigenvalue weighted by Gasteiger charge is 2.21. The second-order valence-corrected chi connectivity index (χ2v) is 7.58. The van der Waals surface area contributed by atoms with E-state index >= 15 is 0 Å². The second kappa shape index (κ2) is 8.79. The molecule has 0 saturated heterocycles. The molecule has 2 aromatic rings. The number of amides is 1. The van der Waals surface area contributed by atoms with E-state index in [4.69, 9.17) is 4.74 Å². The molecule has 0 aliphatic carbocycles. The average Bonchev–Trinajstić information content (AvgIpc) is 2.64. The molecule has 0 aliphatic rings. The lowest BCUT2D eigenvalue weighted by Crippen LogP contribution is -2.38. The predicted molar refractivity (Wildman–Crippen MR) is 102 cm³/mol. The highest BCUT2D eigenvalue weighted by molar-refractivity contribution is 7.89. The van der Waals surface area contributed by atoms with Crippen molar-refractivity contribution in [2.45, 2.75) is 18.7 Å². The zero-order valence-electron chi connectivity index (χ0n) is 15.4. The number of esters is 1. The van der Waals surface area contributed by atoms with Crippen molar-refractivity contribution in [3.8, 4) is 0 Å². The Hall–Kier alpha value is -2.71. The van der Waals surface area contributed by atoms with Crippen LogP contribution in [0.4, 0.5) is 5.69 Å². The van der Waals surface area contributed by atoms with Gasteiger partial charge in [0.1, 0.15) is 0 Å². The van der Waals surface area contributed by atoms with Crippen LogP contribution in [0.1, 0.15) is 22.8 Å². The highest BCUT2D eigenvalue weighted by Crippen LogP contribution is 2.21. The highest BCUT2D eigenvalue weighted by atomic mass is 32.2. The number of rotatable bonds is 7. The normalized spacial score (nSPS) is 11.1. The summed E-state index contributed by atoms with van der Waals surface area (Å²) in [4.78, 5) is 25.6. The van der Waals surface area contributed by atoms with Crippen LogP contribution in [0.3, 0.4) is 0 Å².